The van der Waals surface area contributed by atoms with Crippen LogP contribution in [0.25, 0.3) is 0 Å². The largest absolute Gasteiger partial charge is 0.469 e. The molecule has 5 nitrogen and oxygen atoms in total. The fraction of sp³-hybridized carbons (Fsp3) is 0.818. The third-order valence-electron chi connectivity index (χ3n) is 2.20. The van der Waals surface area contributed by atoms with Gasteiger partial charge in [0.25, 0.3) is 0 Å². The number of methoxy groups -OCH3 is 2. The maximum absolute atomic E-state index is 11.3. The Labute approximate surface area is 96.5 Å². The normalized spacial score (nSPS) is 12.3. The molecule has 0 spiro atoms. The van der Waals surface area contributed by atoms with Gasteiger partial charge in [0.15, 0.2) is 0 Å². The van der Waals surface area contributed by atoms with E-state index in [1.54, 1.807) is 0 Å². The first kappa shape index (κ1) is 14.9. The Morgan fingerprint density at radius 2 is 1.81 bits per heavy atom. The SMILES string of the molecule is COC(=O)CC(NCCC(C)C)C(=O)OC. The second kappa shape index (κ2) is 8.10. The Kier molecular flexibility index (Phi) is 7.54. The van der Waals surface area contributed by atoms with Crippen LogP contribution in [-0.4, -0.2) is 38.7 Å². The van der Waals surface area contributed by atoms with Crippen LogP contribution in [0, 0.1) is 5.92 Å². The first-order valence-corrected chi connectivity index (χ1v) is 5.39. The molecule has 5 heteroatoms. The highest BCUT2D eigenvalue weighted by atomic mass is 16.5. The Bertz CT molecular complexity index is 228. The molecule has 0 aromatic rings. The highest BCUT2D eigenvalue weighted by molar-refractivity contribution is 5.82. The minimum atomic E-state index is -0.615. The van der Waals surface area contributed by atoms with E-state index in [2.05, 4.69) is 28.6 Å². The summed E-state index contributed by atoms with van der Waals surface area (Å²) < 4.78 is 9.12. The zero-order valence-corrected chi connectivity index (χ0v) is 10.4. The molecular weight excluding hydrogens is 210 g/mol. The van der Waals surface area contributed by atoms with Gasteiger partial charge in [-0.05, 0) is 18.9 Å². The molecule has 0 fully saturated rings. The van der Waals surface area contributed by atoms with E-state index in [-0.39, 0.29) is 6.42 Å². The molecule has 0 aliphatic heterocycles. The van der Waals surface area contributed by atoms with Crippen LogP contribution < -0.4 is 5.32 Å². The molecule has 0 aromatic carbocycles. The van der Waals surface area contributed by atoms with Crippen LogP contribution in [0.2, 0.25) is 0 Å². The highest BCUT2D eigenvalue weighted by Gasteiger charge is 2.22. The number of carbonyl (C=O) groups is 2. The average molecular weight is 231 g/mol. The van der Waals surface area contributed by atoms with E-state index >= 15 is 0 Å². The zero-order chi connectivity index (χ0) is 12.6. The standard InChI is InChI=1S/C11H21NO4/c1-8(2)5-6-12-9(11(14)16-4)7-10(13)15-3/h8-9,12H,5-7H2,1-4H3. The van der Waals surface area contributed by atoms with Crippen molar-refractivity contribution < 1.29 is 19.1 Å². The minimum Gasteiger partial charge on any atom is -0.469 e. The van der Waals surface area contributed by atoms with Crippen molar-refractivity contribution in [2.24, 2.45) is 5.92 Å². The van der Waals surface area contributed by atoms with Gasteiger partial charge < -0.3 is 14.8 Å². The quantitative estimate of drug-likeness (QED) is 0.654. The van der Waals surface area contributed by atoms with Gasteiger partial charge in [0.1, 0.15) is 6.04 Å². The summed E-state index contributed by atoms with van der Waals surface area (Å²) in [5.41, 5.74) is 0. The van der Waals surface area contributed by atoms with E-state index in [9.17, 15) is 9.59 Å². The van der Waals surface area contributed by atoms with Crippen LogP contribution in [0.5, 0.6) is 0 Å². The molecule has 16 heavy (non-hydrogen) atoms. The number of carbonyl (C=O) groups excluding carboxylic acids is 2. The van der Waals surface area contributed by atoms with Gasteiger partial charge in [0.2, 0.25) is 0 Å². The molecule has 0 aliphatic rings. The third-order valence-corrected chi connectivity index (χ3v) is 2.20. The lowest BCUT2D eigenvalue weighted by atomic mass is 10.1. The van der Waals surface area contributed by atoms with E-state index in [1.807, 2.05) is 0 Å². The van der Waals surface area contributed by atoms with Crippen LogP contribution in [-0.2, 0) is 19.1 Å². The Hall–Kier alpha value is -1.10. The van der Waals surface area contributed by atoms with E-state index in [1.165, 1.54) is 14.2 Å². The molecule has 0 heterocycles. The van der Waals surface area contributed by atoms with Gasteiger partial charge in [-0.1, -0.05) is 13.8 Å². The first-order chi connectivity index (χ1) is 7.51. The van der Waals surface area contributed by atoms with Crippen LogP contribution in [0.15, 0.2) is 0 Å². The molecule has 0 bridgehead atoms. The summed E-state index contributed by atoms with van der Waals surface area (Å²) in [6, 6.07) is -0.615. The van der Waals surface area contributed by atoms with Crippen molar-refractivity contribution in [3.63, 3.8) is 0 Å². The highest BCUT2D eigenvalue weighted by Crippen LogP contribution is 2.01. The first-order valence-electron chi connectivity index (χ1n) is 5.39. The van der Waals surface area contributed by atoms with Gasteiger partial charge in [-0.15, -0.1) is 0 Å². The molecule has 1 atom stereocenters. The molecule has 0 aliphatic carbocycles. The van der Waals surface area contributed by atoms with Crippen molar-refractivity contribution in [1.82, 2.24) is 5.32 Å². The molecule has 0 radical (unpaired) electrons. The molecule has 1 N–H and O–H groups in total. The summed E-state index contributed by atoms with van der Waals surface area (Å²) in [4.78, 5) is 22.4. The number of nitrogens with one attached hydrogen (secondary N) is 1. The van der Waals surface area contributed by atoms with E-state index in [0.29, 0.717) is 12.5 Å². The fourth-order valence-corrected chi connectivity index (χ4v) is 1.18. The van der Waals surface area contributed by atoms with Gasteiger partial charge in [-0.2, -0.15) is 0 Å². The molecule has 0 amide bonds. The number of rotatable bonds is 7. The predicted molar refractivity (Wildman–Crippen MR) is 59.9 cm³/mol. The zero-order valence-electron chi connectivity index (χ0n) is 10.4. The summed E-state index contributed by atoms with van der Waals surface area (Å²) in [6.07, 6.45) is 0.940. The third kappa shape index (κ3) is 6.40. The molecule has 94 valence electrons. The monoisotopic (exact) mass is 231 g/mol. The molecule has 1 unspecified atom stereocenters. The second-order valence-electron chi connectivity index (χ2n) is 3.99. The van der Waals surface area contributed by atoms with E-state index in [4.69, 9.17) is 0 Å². The summed E-state index contributed by atoms with van der Waals surface area (Å²) >= 11 is 0. The van der Waals surface area contributed by atoms with Crippen molar-refractivity contribution in [3.05, 3.63) is 0 Å². The smallest absolute Gasteiger partial charge is 0.323 e. The van der Waals surface area contributed by atoms with Crippen molar-refractivity contribution in [2.75, 3.05) is 20.8 Å². The number of esters is 2. The average Bonchev–Trinajstić information content (AvgIpc) is 2.25. The number of ether oxygens (including phenoxy) is 2. The van der Waals surface area contributed by atoms with Crippen molar-refractivity contribution in [3.8, 4) is 0 Å². The molecule has 0 rings (SSSR count). The Morgan fingerprint density at radius 1 is 1.19 bits per heavy atom. The lowest BCUT2D eigenvalue weighted by Gasteiger charge is -2.15. The van der Waals surface area contributed by atoms with Gasteiger partial charge in [0, 0.05) is 0 Å². The lowest BCUT2D eigenvalue weighted by molar-refractivity contribution is -0.149. The van der Waals surface area contributed by atoms with E-state index < -0.39 is 18.0 Å². The maximum atomic E-state index is 11.3. The van der Waals surface area contributed by atoms with E-state index in [0.717, 1.165) is 6.42 Å². The van der Waals surface area contributed by atoms with Gasteiger partial charge >= 0.3 is 11.9 Å². The summed E-state index contributed by atoms with van der Waals surface area (Å²) in [5, 5.41) is 2.99. The van der Waals surface area contributed by atoms with Crippen molar-refractivity contribution in [1.29, 1.82) is 0 Å². The van der Waals surface area contributed by atoms with Gasteiger partial charge in [0.05, 0.1) is 20.6 Å². The second-order valence-corrected chi connectivity index (χ2v) is 3.99. The maximum Gasteiger partial charge on any atom is 0.323 e. The lowest BCUT2D eigenvalue weighted by Crippen LogP contribution is -2.40. The number of hydrogen-bond acceptors (Lipinski definition) is 5. The van der Waals surface area contributed by atoms with Crippen LogP contribution >= 0.6 is 0 Å². The van der Waals surface area contributed by atoms with Crippen molar-refractivity contribution >= 4 is 11.9 Å². The summed E-state index contributed by atoms with van der Waals surface area (Å²) in [6.45, 7) is 4.86. The van der Waals surface area contributed by atoms with Gasteiger partial charge in [-0.3, -0.25) is 9.59 Å². The van der Waals surface area contributed by atoms with Gasteiger partial charge in [-0.25, -0.2) is 0 Å². The topological polar surface area (TPSA) is 64.6 Å². The molecule has 0 saturated heterocycles. The molecule has 0 aromatic heterocycles. The Balaban J connectivity index is 4.11. The summed E-state index contributed by atoms with van der Waals surface area (Å²) in [7, 11) is 2.60. The Morgan fingerprint density at radius 3 is 2.25 bits per heavy atom. The number of hydrogen-bond donors (Lipinski definition) is 1. The van der Waals surface area contributed by atoms with Crippen molar-refractivity contribution in [2.45, 2.75) is 32.7 Å². The van der Waals surface area contributed by atoms with Crippen LogP contribution in [0.1, 0.15) is 26.7 Å². The molecule has 0 saturated carbocycles. The predicted octanol–water partition coefficient (Wildman–Crippen LogP) is 0.727. The van der Waals surface area contributed by atoms with Crippen LogP contribution in [0.4, 0.5) is 0 Å². The molecular formula is C11H21NO4. The summed E-state index contributed by atoms with van der Waals surface area (Å²) in [5.74, 6) is -0.314. The van der Waals surface area contributed by atoms with Crippen LogP contribution in [0.3, 0.4) is 0 Å². The fourth-order valence-electron chi connectivity index (χ4n) is 1.18. The minimum absolute atomic E-state index is 0.00126.